The third-order valence-electron chi connectivity index (χ3n) is 5.89. The number of likely N-dealkylation sites (tertiary alicyclic amines) is 1. The van der Waals surface area contributed by atoms with Crippen molar-refractivity contribution in [2.24, 2.45) is 11.8 Å². The van der Waals surface area contributed by atoms with Gasteiger partial charge >= 0.3 is 0 Å². The predicted molar refractivity (Wildman–Crippen MR) is 115 cm³/mol. The predicted octanol–water partition coefficient (Wildman–Crippen LogP) is 5.01. The molecule has 1 heterocycles. The highest BCUT2D eigenvalue weighted by atomic mass is 35.5. The van der Waals surface area contributed by atoms with Gasteiger partial charge in [0, 0.05) is 24.5 Å². The Kier molecular flexibility index (Phi) is 8.81. The van der Waals surface area contributed by atoms with Gasteiger partial charge in [0.1, 0.15) is 6.04 Å². The molecule has 2 rings (SSSR count). The number of carbonyl (C=O) groups is 2. The Morgan fingerprint density at radius 2 is 1.75 bits per heavy atom. The number of rotatable bonds is 8. The summed E-state index contributed by atoms with van der Waals surface area (Å²) in [4.78, 5) is 27.4. The van der Waals surface area contributed by atoms with E-state index in [1.54, 1.807) is 0 Å². The van der Waals surface area contributed by atoms with Crippen molar-refractivity contribution in [2.45, 2.75) is 71.8 Å². The van der Waals surface area contributed by atoms with E-state index in [4.69, 9.17) is 11.6 Å². The van der Waals surface area contributed by atoms with E-state index >= 15 is 0 Å². The van der Waals surface area contributed by atoms with Crippen LogP contribution in [0.15, 0.2) is 24.3 Å². The Hall–Kier alpha value is -1.55. The molecule has 2 amide bonds. The Balaban J connectivity index is 1.95. The lowest BCUT2D eigenvalue weighted by Crippen LogP contribution is -2.53. The average molecular weight is 407 g/mol. The topological polar surface area (TPSA) is 49.4 Å². The molecule has 1 fully saturated rings. The van der Waals surface area contributed by atoms with Gasteiger partial charge in [0.05, 0.1) is 0 Å². The smallest absolute Gasteiger partial charge is 0.245 e. The molecule has 1 unspecified atom stereocenters. The second-order valence-electron chi connectivity index (χ2n) is 8.51. The maximum Gasteiger partial charge on any atom is 0.245 e. The van der Waals surface area contributed by atoms with E-state index in [0.29, 0.717) is 18.3 Å². The van der Waals surface area contributed by atoms with Gasteiger partial charge in [-0.3, -0.25) is 9.59 Å². The van der Waals surface area contributed by atoms with Crippen molar-refractivity contribution in [3.8, 4) is 0 Å². The molecular formula is C23H35ClN2O2. The Bertz CT molecular complexity index is 637. The SMILES string of the molecule is CCC(C)[C@@H](NC(=O)CCC(C)C)C(=O)N1CCC(c2ccc(Cl)cc2)CC1. The molecule has 1 aromatic carbocycles. The largest absolute Gasteiger partial charge is 0.344 e. The molecule has 28 heavy (non-hydrogen) atoms. The summed E-state index contributed by atoms with van der Waals surface area (Å²) >= 11 is 5.99. The molecule has 1 aliphatic heterocycles. The zero-order valence-corrected chi connectivity index (χ0v) is 18.5. The monoisotopic (exact) mass is 406 g/mol. The van der Waals surface area contributed by atoms with Crippen LogP contribution in [0.4, 0.5) is 0 Å². The summed E-state index contributed by atoms with van der Waals surface area (Å²) in [6, 6.07) is 7.61. The van der Waals surface area contributed by atoms with Crippen LogP contribution in [0.5, 0.6) is 0 Å². The molecule has 0 bridgehead atoms. The van der Waals surface area contributed by atoms with Crippen molar-refractivity contribution in [1.82, 2.24) is 10.2 Å². The zero-order valence-electron chi connectivity index (χ0n) is 17.7. The van der Waals surface area contributed by atoms with Crippen LogP contribution in [-0.4, -0.2) is 35.8 Å². The zero-order chi connectivity index (χ0) is 20.7. The molecule has 0 aliphatic carbocycles. The van der Waals surface area contributed by atoms with Gasteiger partial charge in [0.2, 0.25) is 11.8 Å². The number of carbonyl (C=O) groups excluding carboxylic acids is 2. The van der Waals surface area contributed by atoms with Gasteiger partial charge in [-0.05, 0) is 54.7 Å². The minimum Gasteiger partial charge on any atom is -0.344 e. The maximum absolute atomic E-state index is 13.2. The fourth-order valence-electron chi connectivity index (χ4n) is 3.71. The normalized spacial score (nSPS) is 17.4. The highest BCUT2D eigenvalue weighted by Crippen LogP contribution is 2.29. The fourth-order valence-corrected chi connectivity index (χ4v) is 3.84. The van der Waals surface area contributed by atoms with Crippen molar-refractivity contribution in [2.75, 3.05) is 13.1 Å². The van der Waals surface area contributed by atoms with Crippen LogP contribution in [-0.2, 0) is 9.59 Å². The van der Waals surface area contributed by atoms with E-state index in [0.717, 1.165) is 43.8 Å². The molecule has 0 spiro atoms. The summed E-state index contributed by atoms with van der Waals surface area (Å²) in [5.74, 6) is 1.13. The van der Waals surface area contributed by atoms with Crippen LogP contribution < -0.4 is 5.32 Å². The van der Waals surface area contributed by atoms with E-state index in [2.05, 4.69) is 38.2 Å². The molecule has 5 heteroatoms. The molecule has 0 radical (unpaired) electrons. The third-order valence-corrected chi connectivity index (χ3v) is 6.14. The minimum atomic E-state index is -0.420. The van der Waals surface area contributed by atoms with E-state index in [1.165, 1.54) is 5.56 Å². The second-order valence-corrected chi connectivity index (χ2v) is 8.95. The molecule has 4 nitrogen and oxygen atoms in total. The highest BCUT2D eigenvalue weighted by molar-refractivity contribution is 6.30. The van der Waals surface area contributed by atoms with Gasteiger partial charge in [0.15, 0.2) is 0 Å². The fraction of sp³-hybridized carbons (Fsp3) is 0.652. The quantitative estimate of drug-likeness (QED) is 0.659. The lowest BCUT2D eigenvalue weighted by molar-refractivity contribution is -0.138. The molecule has 1 aromatic rings. The highest BCUT2D eigenvalue weighted by Gasteiger charge is 2.32. The lowest BCUT2D eigenvalue weighted by Gasteiger charge is -2.36. The summed E-state index contributed by atoms with van der Waals surface area (Å²) in [7, 11) is 0. The summed E-state index contributed by atoms with van der Waals surface area (Å²) < 4.78 is 0. The van der Waals surface area contributed by atoms with Crippen molar-refractivity contribution < 1.29 is 9.59 Å². The molecule has 1 saturated heterocycles. The molecule has 0 aromatic heterocycles. The van der Waals surface area contributed by atoms with Gasteiger partial charge in [-0.15, -0.1) is 0 Å². The number of amides is 2. The van der Waals surface area contributed by atoms with Gasteiger partial charge < -0.3 is 10.2 Å². The number of nitrogens with one attached hydrogen (secondary N) is 1. The van der Waals surface area contributed by atoms with E-state index in [-0.39, 0.29) is 17.7 Å². The van der Waals surface area contributed by atoms with Crippen LogP contribution in [0, 0.1) is 11.8 Å². The summed E-state index contributed by atoms with van der Waals surface area (Å²) in [6.07, 6.45) is 4.09. The Morgan fingerprint density at radius 1 is 1.14 bits per heavy atom. The lowest BCUT2D eigenvalue weighted by atomic mass is 9.88. The van der Waals surface area contributed by atoms with Gasteiger partial charge in [0.25, 0.3) is 0 Å². The van der Waals surface area contributed by atoms with Crippen LogP contribution in [0.3, 0.4) is 0 Å². The Labute approximate surface area is 175 Å². The van der Waals surface area contributed by atoms with Gasteiger partial charge in [-0.25, -0.2) is 0 Å². The minimum absolute atomic E-state index is 0.0107. The Morgan fingerprint density at radius 3 is 2.29 bits per heavy atom. The van der Waals surface area contributed by atoms with Crippen LogP contribution in [0.25, 0.3) is 0 Å². The second kappa shape index (κ2) is 10.8. The first-order valence-corrected chi connectivity index (χ1v) is 11.0. The van der Waals surface area contributed by atoms with Crippen molar-refractivity contribution >= 4 is 23.4 Å². The average Bonchev–Trinajstić information content (AvgIpc) is 2.70. The first-order chi connectivity index (χ1) is 13.3. The number of hydrogen-bond donors (Lipinski definition) is 1. The maximum atomic E-state index is 13.2. The number of nitrogens with zero attached hydrogens (tertiary/aromatic N) is 1. The molecule has 1 N–H and O–H groups in total. The van der Waals surface area contributed by atoms with Crippen LogP contribution in [0.2, 0.25) is 5.02 Å². The van der Waals surface area contributed by atoms with Crippen molar-refractivity contribution in [1.29, 1.82) is 0 Å². The molecular weight excluding hydrogens is 372 g/mol. The number of halogens is 1. The van der Waals surface area contributed by atoms with E-state index in [1.807, 2.05) is 24.0 Å². The third kappa shape index (κ3) is 6.51. The summed E-state index contributed by atoms with van der Waals surface area (Å²) in [5, 5.41) is 3.78. The van der Waals surface area contributed by atoms with Gasteiger partial charge in [-0.1, -0.05) is 57.8 Å². The molecule has 156 valence electrons. The molecule has 1 aliphatic rings. The van der Waals surface area contributed by atoms with Crippen LogP contribution in [0.1, 0.15) is 71.3 Å². The van der Waals surface area contributed by atoms with Crippen molar-refractivity contribution in [3.05, 3.63) is 34.9 Å². The van der Waals surface area contributed by atoms with E-state index < -0.39 is 6.04 Å². The van der Waals surface area contributed by atoms with Crippen molar-refractivity contribution in [3.63, 3.8) is 0 Å². The van der Waals surface area contributed by atoms with E-state index in [9.17, 15) is 9.59 Å². The summed E-state index contributed by atoms with van der Waals surface area (Å²) in [6.45, 7) is 9.80. The first-order valence-electron chi connectivity index (χ1n) is 10.6. The number of benzene rings is 1. The number of hydrogen-bond acceptors (Lipinski definition) is 2. The molecule has 0 saturated carbocycles. The van der Waals surface area contributed by atoms with Gasteiger partial charge in [-0.2, -0.15) is 0 Å². The molecule has 2 atom stereocenters. The standard InChI is InChI=1S/C23H35ClN2O2/c1-5-17(4)22(25-21(27)11-6-16(2)3)23(28)26-14-12-19(13-15-26)18-7-9-20(24)10-8-18/h7-10,16-17,19,22H,5-6,11-15H2,1-4H3,(H,25,27)/t17?,22-/m1/s1. The van der Waals surface area contributed by atoms with Crippen LogP contribution >= 0.6 is 11.6 Å². The summed E-state index contributed by atoms with van der Waals surface area (Å²) in [5.41, 5.74) is 1.29. The first kappa shape index (κ1) is 22.7. The number of piperidine rings is 1.